The van der Waals surface area contributed by atoms with Gasteiger partial charge < -0.3 is 10.6 Å². The lowest BCUT2D eigenvalue weighted by Crippen LogP contribution is -2.40. The second kappa shape index (κ2) is 9.75. The van der Waals surface area contributed by atoms with Crippen LogP contribution in [0.5, 0.6) is 0 Å². The van der Waals surface area contributed by atoms with Gasteiger partial charge in [0.1, 0.15) is 0 Å². The van der Waals surface area contributed by atoms with E-state index in [9.17, 15) is 9.59 Å². The van der Waals surface area contributed by atoms with E-state index in [0.29, 0.717) is 23.7 Å². The molecule has 1 saturated heterocycles. The lowest BCUT2D eigenvalue weighted by Gasteiger charge is -2.33. The highest BCUT2D eigenvalue weighted by atomic mass is 16.2. The fourth-order valence-corrected chi connectivity index (χ4v) is 4.75. The van der Waals surface area contributed by atoms with Crippen molar-refractivity contribution in [1.82, 2.24) is 10.2 Å². The van der Waals surface area contributed by atoms with Gasteiger partial charge in [-0.15, -0.1) is 0 Å². The number of carbonyl (C=O) groups excluding carboxylic acids is 2. The Bertz CT molecular complexity index is 1140. The molecule has 2 fully saturated rings. The second-order valence-electron chi connectivity index (χ2n) is 9.45. The van der Waals surface area contributed by atoms with Crippen LogP contribution >= 0.6 is 0 Å². The highest BCUT2D eigenvalue weighted by molar-refractivity contribution is 6.08. The molecule has 1 atom stereocenters. The molecule has 1 unspecified atom stereocenters. The molecule has 2 amide bonds. The van der Waals surface area contributed by atoms with E-state index in [4.69, 9.17) is 0 Å². The molecule has 0 spiro atoms. The number of amides is 2. The number of carbonyl (C=O) groups is 2. The molecule has 0 radical (unpaired) electrons. The lowest BCUT2D eigenvalue weighted by molar-refractivity contribution is -0.117. The molecular formula is C28H31N3O2. The fourth-order valence-electron chi connectivity index (χ4n) is 4.75. The molecule has 1 saturated carbocycles. The van der Waals surface area contributed by atoms with E-state index in [1.165, 1.54) is 5.56 Å². The maximum Gasteiger partial charge on any atom is 0.253 e. The van der Waals surface area contributed by atoms with Crippen molar-refractivity contribution < 1.29 is 9.59 Å². The number of benzene rings is 3. The van der Waals surface area contributed by atoms with E-state index in [0.717, 1.165) is 56.1 Å². The van der Waals surface area contributed by atoms with E-state index < -0.39 is 0 Å². The van der Waals surface area contributed by atoms with Crippen molar-refractivity contribution in [2.24, 2.45) is 11.8 Å². The van der Waals surface area contributed by atoms with E-state index in [1.807, 2.05) is 42.5 Å². The van der Waals surface area contributed by atoms with Gasteiger partial charge >= 0.3 is 0 Å². The van der Waals surface area contributed by atoms with Gasteiger partial charge in [0, 0.05) is 25.6 Å². The molecule has 2 aliphatic rings. The van der Waals surface area contributed by atoms with Crippen molar-refractivity contribution in [2.75, 3.05) is 25.0 Å². The zero-order chi connectivity index (χ0) is 22.6. The van der Waals surface area contributed by atoms with Crippen LogP contribution in [0.15, 0.2) is 66.7 Å². The summed E-state index contributed by atoms with van der Waals surface area (Å²) in [6.45, 7) is 3.68. The Morgan fingerprint density at radius 3 is 2.39 bits per heavy atom. The van der Waals surface area contributed by atoms with Crippen molar-refractivity contribution in [3.8, 4) is 0 Å². The van der Waals surface area contributed by atoms with Gasteiger partial charge in [0.15, 0.2) is 0 Å². The largest absolute Gasteiger partial charge is 0.352 e. The number of nitrogens with zero attached hydrogens (tertiary/aromatic N) is 1. The summed E-state index contributed by atoms with van der Waals surface area (Å²) in [6, 6.07) is 22.3. The summed E-state index contributed by atoms with van der Waals surface area (Å²) in [5.74, 6) is 0.414. The van der Waals surface area contributed by atoms with Crippen LogP contribution in [-0.4, -0.2) is 36.3 Å². The number of likely N-dealkylation sites (tertiary alicyclic amines) is 1. The SMILES string of the molecule is O=C(NCC1CCCN(Cc2ccccc2)C1)c1cc2ccccc2cc1NC(=O)C1CC1. The van der Waals surface area contributed by atoms with Crippen molar-refractivity contribution >= 4 is 28.3 Å². The molecular weight excluding hydrogens is 410 g/mol. The van der Waals surface area contributed by atoms with Gasteiger partial charge in [-0.2, -0.15) is 0 Å². The standard InChI is InChI=1S/C28H31N3O2/c32-27(22-12-13-22)30-26-16-24-11-5-4-10-23(24)15-25(26)28(33)29-17-21-9-6-14-31(19-21)18-20-7-2-1-3-8-20/h1-5,7-8,10-11,15-16,21-22H,6,9,12-14,17-19H2,(H,29,33)(H,30,32). The number of anilines is 1. The first-order chi connectivity index (χ1) is 16.2. The van der Waals surface area contributed by atoms with E-state index >= 15 is 0 Å². The first-order valence-corrected chi connectivity index (χ1v) is 12.0. The number of hydrogen-bond acceptors (Lipinski definition) is 3. The molecule has 0 bridgehead atoms. The topological polar surface area (TPSA) is 61.4 Å². The molecule has 5 rings (SSSR count). The minimum absolute atomic E-state index is 0.0168. The number of rotatable bonds is 7. The van der Waals surface area contributed by atoms with E-state index in [-0.39, 0.29) is 17.7 Å². The summed E-state index contributed by atoms with van der Waals surface area (Å²) in [7, 11) is 0. The van der Waals surface area contributed by atoms with Crippen LogP contribution in [0.25, 0.3) is 10.8 Å². The van der Waals surface area contributed by atoms with Gasteiger partial charge in [-0.25, -0.2) is 0 Å². The number of piperidine rings is 1. The van der Waals surface area contributed by atoms with Gasteiger partial charge in [-0.05, 0) is 66.6 Å². The minimum atomic E-state index is -0.118. The summed E-state index contributed by atoms with van der Waals surface area (Å²) in [5.41, 5.74) is 2.48. The van der Waals surface area contributed by atoms with Crippen molar-refractivity contribution in [2.45, 2.75) is 32.2 Å². The molecule has 170 valence electrons. The smallest absolute Gasteiger partial charge is 0.253 e. The molecule has 5 nitrogen and oxygen atoms in total. The van der Waals surface area contributed by atoms with E-state index in [2.05, 4.69) is 39.8 Å². The third-order valence-electron chi connectivity index (χ3n) is 6.74. The van der Waals surface area contributed by atoms with Gasteiger partial charge in [0.2, 0.25) is 5.91 Å². The first-order valence-electron chi connectivity index (χ1n) is 12.0. The number of fused-ring (bicyclic) bond motifs is 1. The molecule has 3 aromatic rings. The zero-order valence-corrected chi connectivity index (χ0v) is 18.9. The van der Waals surface area contributed by atoms with Crippen LogP contribution in [0.1, 0.15) is 41.6 Å². The Hall–Kier alpha value is -3.18. The highest BCUT2D eigenvalue weighted by Gasteiger charge is 2.30. The summed E-state index contributed by atoms with van der Waals surface area (Å²) in [4.78, 5) is 28.1. The molecule has 1 aliphatic heterocycles. The van der Waals surface area contributed by atoms with Crippen LogP contribution in [0.3, 0.4) is 0 Å². The lowest BCUT2D eigenvalue weighted by atomic mass is 9.97. The van der Waals surface area contributed by atoms with Gasteiger partial charge in [-0.1, -0.05) is 54.6 Å². The van der Waals surface area contributed by atoms with Gasteiger partial charge in [0.05, 0.1) is 11.3 Å². The molecule has 1 aliphatic carbocycles. The molecule has 3 aromatic carbocycles. The summed E-state index contributed by atoms with van der Waals surface area (Å²) < 4.78 is 0. The van der Waals surface area contributed by atoms with Crippen LogP contribution in [0.4, 0.5) is 5.69 Å². The monoisotopic (exact) mass is 441 g/mol. The number of nitrogens with one attached hydrogen (secondary N) is 2. The summed E-state index contributed by atoms with van der Waals surface area (Å²) >= 11 is 0. The van der Waals surface area contributed by atoms with Gasteiger partial charge in [0.25, 0.3) is 5.91 Å². The quantitative estimate of drug-likeness (QED) is 0.552. The maximum absolute atomic E-state index is 13.2. The maximum atomic E-state index is 13.2. The van der Waals surface area contributed by atoms with Crippen molar-refractivity contribution in [3.63, 3.8) is 0 Å². The van der Waals surface area contributed by atoms with Crippen molar-refractivity contribution in [3.05, 3.63) is 77.9 Å². The normalized spacial score (nSPS) is 18.7. The fraction of sp³-hybridized carbons (Fsp3) is 0.357. The third kappa shape index (κ3) is 5.42. The first kappa shape index (κ1) is 21.7. The summed E-state index contributed by atoms with van der Waals surface area (Å²) in [6.07, 6.45) is 4.13. The van der Waals surface area contributed by atoms with Gasteiger partial charge in [-0.3, -0.25) is 14.5 Å². The molecule has 5 heteroatoms. The van der Waals surface area contributed by atoms with Crippen molar-refractivity contribution in [1.29, 1.82) is 0 Å². The Labute approximate surface area is 195 Å². The molecule has 1 heterocycles. The Balaban J connectivity index is 1.26. The van der Waals surface area contributed by atoms with E-state index in [1.54, 1.807) is 0 Å². The second-order valence-corrected chi connectivity index (χ2v) is 9.45. The Morgan fingerprint density at radius 2 is 1.64 bits per heavy atom. The van der Waals surface area contributed by atoms with Crippen LogP contribution in [0, 0.1) is 11.8 Å². The summed E-state index contributed by atoms with van der Waals surface area (Å²) in [5, 5.41) is 8.19. The third-order valence-corrected chi connectivity index (χ3v) is 6.74. The molecule has 0 aromatic heterocycles. The Kier molecular flexibility index (Phi) is 6.40. The minimum Gasteiger partial charge on any atom is -0.352 e. The Morgan fingerprint density at radius 1 is 0.909 bits per heavy atom. The van der Waals surface area contributed by atoms with Crippen LogP contribution in [0.2, 0.25) is 0 Å². The van der Waals surface area contributed by atoms with Crippen LogP contribution in [-0.2, 0) is 11.3 Å². The predicted octanol–water partition coefficient (Wildman–Crippen LogP) is 4.83. The predicted molar refractivity (Wildman–Crippen MR) is 132 cm³/mol. The highest BCUT2D eigenvalue weighted by Crippen LogP contribution is 2.32. The van der Waals surface area contributed by atoms with Crippen LogP contribution < -0.4 is 10.6 Å². The zero-order valence-electron chi connectivity index (χ0n) is 18.9. The average Bonchev–Trinajstić information content (AvgIpc) is 3.69. The molecule has 2 N–H and O–H groups in total. The average molecular weight is 442 g/mol. The molecule has 33 heavy (non-hydrogen) atoms. The number of hydrogen-bond donors (Lipinski definition) is 2.